The SMILES string of the molecule is O=C(NCCOCCCl)c1cc(Cl)ccc1I. The molecule has 0 aliphatic heterocycles. The van der Waals surface area contributed by atoms with Crippen molar-refractivity contribution in [3.63, 3.8) is 0 Å². The summed E-state index contributed by atoms with van der Waals surface area (Å²) >= 11 is 13.4. The van der Waals surface area contributed by atoms with Gasteiger partial charge in [0.25, 0.3) is 5.91 Å². The summed E-state index contributed by atoms with van der Waals surface area (Å²) in [4.78, 5) is 11.8. The topological polar surface area (TPSA) is 38.3 Å². The molecule has 0 aliphatic carbocycles. The number of alkyl halides is 1. The molecule has 0 fully saturated rings. The van der Waals surface area contributed by atoms with Crippen LogP contribution in [0.25, 0.3) is 0 Å². The Morgan fingerprint density at radius 2 is 2.18 bits per heavy atom. The maximum absolute atomic E-state index is 11.8. The van der Waals surface area contributed by atoms with Crippen molar-refractivity contribution in [3.05, 3.63) is 32.4 Å². The Labute approximate surface area is 124 Å². The van der Waals surface area contributed by atoms with Crippen LogP contribution in [0.2, 0.25) is 5.02 Å². The van der Waals surface area contributed by atoms with Crippen molar-refractivity contribution >= 4 is 51.7 Å². The molecule has 1 aromatic rings. The van der Waals surface area contributed by atoms with Gasteiger partial charge in [-0.25, -0.2) is 0 Å². The second kappa shape index (κ2) is 8.13. The zero-order valence-electron chi connectivity index (χ0n) is 9.01. The summed E-state index contributed by atoms with van der Waals surface area (Å²) in [6, 6.07) is 5.21. The third-order valence-corrected chi connectivity index (χ3v) is 3.26. The van der Waals surface area contributed by atoms with Gasteiger partial charge in [-0.1, -0.05) is 11.6 Å². The molecule has 0 saturated heterocycles. The molecular formula is C11H12Cl2INO2. The van der Waals surface area contributed by atoms with E-state index in [4.69, 9.17) is 27.9 Å². The van der Waals surface area contributed by atoms with Gasteiger partial charge in [0.15, 0.2) is 0 Å². The van der Waals surface area contributed by atoms with Crippen molar-refractivity contribution in [1.29, 1.82) is 0 Å². The second-order valence-corrected chi connectivity index (χ2v) is 5.16. The van der Waals surface area contributed by atoms with Gasteiger partial charge in [0.1, 0.15) is 0 Å². The number of amides is 1. The third kappa shape index (κ3) is 5.42. The zero-order valence-corrected chi connectivity index (χ0v) is 12.7. The van der Waals surface area contributed by atoms with Gasteiger partial charge in [0.05, 0.1) is 18.8 Å². The molecule has 0 heterocycles. The maximum Gasteiger partial charge on any atom is 0.252 e. The molecule has 0 radical (unpaired) electrons. The van der Waals surface area contributed by atoms with Crippen LogP contribution in [0.15, 0.2) is 18.2 Å². The molecule has 3 nitrogen and oxygen atoms in total. The van der Waals surface area contributed by atoms with Crippen LogP contribution in [-0.2, 0) is 4.74 Å². The van der Waals surface area contributed by atoms with Crippen LogP contribution < -0.4 is 5.32 Å². The predicted molar refractivity (Wildman–Crippen MR) is 78.0 cm³/mol. The number of halogens is 3. The normalized spacial score (nSPS) is 10.3. The number of rotatable bonds is 6. The van der Waals surface area contributed by atoms with E-state index in [0.717, 1.165) is 3.57 Å². The van der Waals surface area contributed by atoms with Crippen molar-refractivity contribution in [1.82, 2.24) is 5.32 Å². The standard InChI is InChI=1S/C11H12Cl2INO2/c12-3-5-17-6-4-15-11(16)9-7-8(13)1-2-10(9)14/h1-2,7H,3-6H2,(H,15,16). The van der Waals surface area contributed by atoms with Crippen molar-refractivity contribution in [2.75, 3.05) is 25.6 Å². The van der Waals surface area contributed by atoms with E-state index in [2.05, 4.69) is 27.9 Å². The number of benzene rings is 1. The molecule has 17 heavy (non-hydrogen) atoms. The number of hydrogen-bond acceptors (Lipinski definition) is 2. The lowest BCUT2D eigenvalue weighted by molar-refractivity contribution is 0.0922. The number of carbonyl (C=O) groups excluding carboxylic acids is 1. The first-order valence-electron chi connectivity index (χ1n) is 5.02. The Hall–Kier alpha value is -0.0400. The fraction of sp³-hybridized carbons (Fsp3) is 0.364. The summed E-state index contributed by atoms with van der Waals surface area (Å²) in [5, 5.41) is 3.31. The maximum atomic E-state index is 11.8. The van der Waals surface area contributed by atoms with Gasteiger partial charge in [-0.15, -0.1) is 11.6 Å². The van der Waals surface area contributed by atoms with Crippen LogP contribution in [0.1, 0.15) is 10.4 Å². The van der Waals surface area contributed by atoms with Crippen molar-refractivity contribution in [3.8, 4) is 0 Å². The predicted octanol–water partition coefficient (Wildman–Crippen LogP) is 2.93. The van der Waals surface area contributed by atoms with Crippen molar-refractivity contribution in [2.24, 2.45) is 0 Å². The zero-order chi connectivity index (χ0) is 12.7. The van der Waals surface area contributed by atoms with E-state index in [1.165, 1.54) is 0 Å². The minimum absolute atomic E-state index is 0.147. The van der Waals surface area contributed by atoms with E-state index in [-0.39, 0.29) is 5.91 Å². The van der Waals surface area contributed by atoms with Crippen LogP contribution in [0.5, 0.6) is 0 Å². The van der Waals surface area contributed by atoms with Gasteiger partial charge < -0.3 is 10.1 Å². The van der Waals surface area contributed by atoms with Crippen molar-refractivity contribution < 1.29 is 9.53 Å². The van der Waals surface area contributed by atoms with E-state index in [9.17, 15) is 4.79 Å². The average Bonchev–Trinajstić information content (AvgIpc) is 2.32. The Kier molecular flexibility index (Phi) is 7.18. The number of ether oxygens (including phenoxy) is 1. The lowest BCUT2D eigenvalue weighted by atomic mass is 10.2. The van der Waals surface area contributed by atoms with Gasteiger partial charge in [-0.05, 0) is 40.8 Å². The molecule has 0 bridgehead atoms. The molecular weight excluding hydrogens is 376 g/mol. The molecule has 1 rings (SSSR count). The first-order valence-corrected chi connectivity index (χ1v) is 7.01. The van der Waals surface area contributed by atoms with E-state index >= 15 is 0 Å². The summed E-state index contributed by atoms with van der Waals surface area (Å²) in [6.45, 7) is 1.40. The van der Waals surface area contributed by atoms with Gasteiger partial charge in [-0.2, -0.15) is 0 Å². The molecule has 1 amide bonds. The molecule has 0 aromatic heterocycles. The monoisotopic (exact) mass is 387 g/mol. The average molecular weight is 388 g/mol. The molecule has 0 atom stereocenters. The minimum Gasteiger partial charge on any atom is -0.378 e. The van der Waals surface area contributed by atoms with E-state index < -0.39 is 0 Å². The molecule has 0 spiro atoms. The largest absolute Gasteiger partial charge is 0.378 e. The number of nitrogens with one attached hydrogen (secondary N) is 1. The highest BCUT2D eigenvalue weighted by molar-refractivity contribution is 14.1. The van der Waals surface area contributed by atoms with Crippen molar-refractivity contribution in [2.45, 2.75) is 0 Å². The molecule has 1 N–H and O–H groups in total. The van der Waals surface area contributed by atoms with Crippen LogP contribution >= 0.6 is 45.8 Å². The summed E-state index contributed by atoms with van der Waals surface area (Å²) in [6.07, 6.45) is 0. The third-order valence-electron chi connectivity index (χ3n) is 1.93. The van der Waals surface area contributed by atoms with Gasteiger partial charge in [0.2, 0.25) is 0 Å². The second-order valence-electron chi connectivity index (χ2n) is 3.18. The van der Waals surface area contributed by atoms with Crippen LogP contribution in [0, 0.1) is 3.57 Å². The highest BCUT2D eigenvalue weighted by Gasteiger charge is 2.09. The molecule has 0 aliphatic rings. The quantitative estimate of drug-likeness (QED) is 0.463. The van der Waals surface area contributed by atoms with Gasteiger partial charge in [-0.3, -0.25) is 4.79 Å². The first kappa shape index (κ1) is 15.0. The van der Waals surface area contributed by atoms with Crippen LogP contribution in [0.4, 0.5) is 0 Å². The van der Waals surface area contributed by atoms with E-state index in [1.807, 2.05) is 6.07 Å². The van der Waals surface area contributed by atoms with Crippen LogP contribution in [-0.4, -0.2) is 31.5 Å². The molecule has 0 saturated carbocycles. The molecule has 6 heteroatoms. The fourth-order valence-corrected chi connectivity index (χ4v) is 2.02. The van der Waals surface area contributed by atoms with E-state index in [1.54, 1.807) is 12.1 Å². The minimum atomic E-state index is -0.147. The molecule has 1 aromatic carbocycles. The van der Waals surface area contributed by atoms with Gasteiger partial charge >= 0.3 is 0 Å². The highest BCUT2D eigenvalue weighted by atomic mass is 127. The Balaban J connectivity index is 2.44. The molecule has 94 valence electrons. The highest BCUT2D eigenvalue weighted by Crippen LogP contribution is 2.17. The Morgan fingerprint density at radius 3 is 2.88 bits per heavy atom. The Bertz CT molecular complexity index is 388. The summed E-state index contributed by atoms with van der Waals surface area (Å²) in [5.41, 5.74) is 0.579. The van der Waals surface area contributed by atoms with Crippen LogP contribution in [0.3, 0.4) is 0 Å². The first-order chi connectivity index (χ1) is 8.15. The number of carbonyl (C=O) groups is 1. The van der Waals surface area contributed by atoms with Gasteiger partial charge in [0, 0.05) is 21.0 Å². The fourth-order valence-electron chi connectivity index (χ4n) is 1.16. The lowest BCUT2D eigenvalue weighted by Gasteiger charge is -2.07. The Morgan fingerprint density at radius 1 is 1.41 bits per heavy atom. The lowest BCUT2D eigenvalue weighted by Crippen LogP contribution is -2.28. The smallest absolute Gasteiger partial charge is 0.252 e. The summed E-state index contributed by atoms with van der Waals surface area (Å²) < 4.78 is 6.02. The van der Waals surface area contributed by atoms with E-state index in [0.29, 0.717) is 36.2 Å². The number of hydrogen-bond donors (Lipinski definition) is 1. The summed E-state index contributed by atoms with van der Waals surface area (Å²) in [5.74, 6) is 0.312. The summed E-state index contributed by atoms with van der Waals surface area (Å²) in [7, 11) is 0. The molecule has 0 unspecified atom stereocenters.